The van der Waals surface area contributed by atoms with E-state index in [-0.39, 0.29) is 15.1 Å². The quantitative estimate of drug-likeness (QED) is 0.526. The van der Waals surface area contributed by atoms with Gasteiger partial charge in [-0.05, 0) is 24.0 Å². The lowest BCUT2D eigenvalue weighted by Crippen LogP contribution is -1.96. The number of benzene rings is 1. The lowest BCUT2D eigenvalue weighted by molar-refractivity contribution is 0.462. The molecule has 108 valence electrons. The van der Waals surface area contributed by atoms with Crippen LogP contribution in [0.2, 0.25) is 0 Å². The van der Waals surface area contributed by atoms with Gasteiger partial charge in [0.25, 0.3) is 5.00 Å². The second-order valence-electron chi connectivity index (χ2n) is 3.72. The zero-order valence-corrected chi connectivity index (χ0v) is 13.2. The van der Waals surface area contributed by atoms with Crippen LogP contribution >= 0.6 is 23.1 Å². The maximum absolute atomic E-state index is 11.9. The van der Waals surface area contributed by atoms with Crippen molar-refractivity contribution in [2.45, 2.75) is 9.24 Å². The van der Waals surface area contributed by atoms with Crippen molar-refractivity contribution in [3.05, 3.63) is 41.4 Å². The minimum absolute atomic E-state index is 0.0633. The Bertz CT molecular complexity index is 835. The van der Waals surface area contributed by atoms with Crippen molar-refractivity contribution < 1.29 is 13.5 Å². The predicted molar refractivity (Wildman–Crippen MR) is 83.0 cm³/mol. The van der Waals surface area contributed by atoms with Crippen LogP contribution < -0.4 is 0 Å². The molecular weight excluding hydrogens is 330 g/mol. The number of phenols is 1. The van der Waals surface area contributed by atoms with Gasteiger partial charge in [0.05, 0.1) is 6.57 Å². The Hall–Kier alpha value is -1.89. The first-order valence-electron chi connectivity index (χ1n) is 5.47. The molecule has 1 aromatic carbocycles. The summed E-state index contributed by atoms with van der Waals surface area (Å²) < 4.78 is 27.1. The number of phenolic OH excluding ortho intramolecular Hbond substituents is 1. The largest absolute Gasteiger partial charge is 0.507 e. The van der Waals surface area contributed by atoms with Gasteiger partial charge in [-0.15, -0.1) is 23.1 Å². The summed E-state index contributed by atoms with van der Waals surface area (Å²) in [7, 11) is -3.93. The zero-order valence-electron chi connectivity index (χ0n) is 10.7. The first-order valence-corrected chi connectivity index (χ1v) is 8.95. The number of sulfonamides is 1. The molecule has 21 heavy (non-hydrogen) atoms. The molecule has 0 aliphatic rings. The second kappa shape index (κ2) is 6.26. The fraction of sp³-hybridized carbons (Fsp3) is 0.0833. The van der Waals surface area contributed by atoms with Gasteiger partial charge >= 0.3 is 10.0 Å². The molecule has 0 spiro atoms. The van der Waals surface area contributed by atoms with Crippen LogP contribution in [0.4, 0.5) is 5.00 Å². The summed E-state index contributed by atoms with van der Waals surface area (Å²) in [5.74, 6) is 0.0633. The second-order valence-corrected chi connectivity index (χ2v) is 7.38. The standard InChI is InChI=1S/C12H9N3O3S3/c1-13-11-7-14-12(20-11)21(17,18)15-6-8-3-4-10(19-2)9(16)5-8/h3-7,16H,2H3. The fourth-order valence-corrected chi connectivity index (χ4v) is 3.63. The van der Waals surface area contributed by atoms with Gasteiger partial charge < -0.3 is 5.11 Å². The summed E-state index contributed by atoms with van der Waals surface area (Å²) in [6, 6.07) is 4.75. The summed E-state index contributed by atoms with van der Waals surface area (Å²) in [6.45, 7) is 6.79. The number of aromatic nitrogens is 1. The minimum Gasteiger partial charge on any atom is -0.507 e. The topological polar surface area (TPSA) is 84.0 Å². The Morgan fingerprint density at radius 1 is 1.52 bits per heavy atom. The molecule has 0 aliphatic heterocycles. The van der Waals surface area contributed by atoms with Crippen LogP contribution in [0.5, 0.6) is 5.75 Å². The maximum Gasteiger partial charge on any atom is 0.308 e. The molecule has 0 saturated heterocycles. The molecule has 1 N–H and O–H groups in total. The van der Waals surface area contributed by atoms with Crippen molar-refractivity contribution in [2.75, 3.05) is 6.26 Å². The number of nitrogens with zero attached hydrogens (tertiary/aromatic N) is 3. The van der Waals surface area contributed by atoms with Gasteiger partial charge in [-0.1, -0.05) is 6.07 Å². The average molecular weight is 339 g/mol. The summed E-state index contributed by atoms with van der Waals surface area (Å²) in [5.41, 5.74) is 0.454. The number of hydrogen-bond acceptors (Lipinski definition) is 6. The van der Waals surface area contributed by atoms with Gasteiger partial charge in [-0.2, -0.15) is 12.8 Å². The molecule has 9 heteroatoms. The molecular formula is C12H9N3O3S3. The van der Waals surface area contributed by atoms with E-state index < -0.39 is 10.0 Å². The van der Waals surface area contributed by atoms with Crippen LogP contribution in [-0.4, -0.2) is 31.0 Å². The van der Waals surface area contributed by atoms with Crippen LogP contribution in [0.25, 0.3) is 4.85 Å². The van der Waals surface area contributed by atoms with Gasteiger partial charge in [0.15, 0.2) is 0 Å². The summed E-state index contributed by atoms with van der Waals surface area (Å²) >= 11 is 2.15. The van der Waals surface area contributed by atoms with Gasteiger partial charge in [-0.3, -0.25) is 0 Å². The number of hydrogen-bond donors (Lipinski definition) is 1. The van der Waals surface area contributed by atoms with E-state index in [2.05, 4.69) is 14.2 Å². The van der Waals surface area contributed by atoms with Crippen LogP contribution in [0, 0.1) is 6.57 Å². The molecule has 0 saturated carbocycles. The molecule has 0 fully saturated rings. The van der Waals surface area contributed by atoms with Gasteiger partial charge in [0.1, 0.15) is 5.75 Å². The third-order valence-corrected chi connectivity index (χ3v) is 5.63. The summed E-state index contributed by atoms with van der Waals surface area (Å²) in [5, 5.41) is 9.88. The first-order chi connectivity index (χ1) is 9.96. The van der Waals surface area contributed by atoms with Crippen LogP contribution in [0.3, 0.4) is 0 Å². The van der Waals surface area contributed by atoms with E-state index in [0.717, 1.165) is 17.6 Å². The third-order valence-electron chi connectivity index (χ3n) is 2.35. The zero-order chi connectivity index (χ0) is 15.5. The highest BCUT2D eigenvalue weighted by molar-refractivity contribution is 7.98. The van der Waals surface area contributed by atoms with Crippen LogP contribution in [0.15, 0.2) is 38.0 Å². The van der Waals surface area contributed by atoms with Crippen molar-refractivity contribution >= 4 is 44.3 Å². The maximum atomic E-state index is 11.9. The van der Waals surface area contributed by atoms with E-state index in [1.54, 1.807) is 12.1 Å². The highest BCUT2D eigenvalue weighted by Crippen LogP contribution is 2.28. The molecule has 0 radical (unpaired) electrons. The Kier molecular flexibility index (Phi) is 4.62. The predicted octanol–water partition coefficient (Wildman–Crippen LogP) is 2.93. The van der Waals surface area contributed by atoms with Crippen molar-refractivity contribution in [2.24, 2.45) is 4.40 Å². The SMILES string of the molecule is [C-]#[N+]c1cnc(S(=O)(=O)N=Cc2ccc(SC)c(O)c2)s1. The summed E-state index contributed by atoms with van der Waals surface area (Å²) in [6.07, 6.45) is 4.15. The van der Waals surface area contributed by atoms with E-state index in [0.29, 0.717) is 10.5 Å². The normalized spacial score (nSPS) is 11.6. The Labute approximate surface area is 130 Å². The summed E-state index contributed by atoms with van der Waals surface area (Å²) in [4.78, 5) is 7.47. The first kappa shape index (κ1) is 15.5. The number of rotatable bonds is 4. The molecule has 2 rings (SSSR count). The van der Waals surface area contributed by atoms with E-state index in [1.807, 2.05) is 6.26 Å². The molecule has 1 heterocycles. The van der Waals surface area contributed by atoms with E-state index >= 15 is 0 Å². The van der Waals surface area contributed by atoms with Gasteiger partial charge in [0, 0.05) is 17.3 Å². The lowest BCUT2D eigenvalue weighted by Gasteiger charge is -2.01. The Balaban J connectivity index is 2.28. The number of thioether (sulfide) groups is 1. The molecule has 6 nitrogen and oxygen atoms in total. The molecule has 1 aromatic heterocycles. The number of thiazole rings is 1. The molecule has 2 aromatic rings. The molecule has 0 bridgehead atoms. The smallest absolute Gasteiger partial charge is 0.308 e. The monoisotopic (exact) mass is 339 g/mol. The van der Waals surface area contributed by atoms with Crippen molar-refractivity contribution in [1.29, 1.82) is 0 Å². The van der Waals surface area contributed by atoms with E-state index in [9.17, 15) is 13.5 Å². The molecule has 0 unspecified atom stereocenters. The van der Waals surface area contributed by atoms with Gasteiger partial charge in [-0.25, -0.2) is 9.83 Å². The highest BCUT2D eigenvalue weighted by Gasteiger charge is 2.16. The Morgan fingerprint density at radius 3 is 2.86 bits per heavy atom. The molecule has 0 atom stereocenters. The van der Waals surface area contributed by atoms with E-state index in [1.165, 1.54) is 24.0 Å². The third kappa shape index (κ3) is 3.60. The number of aromatic hydroxyl groups is 1. The van der Waals surface area contributed by atoms with Gasteiger partial charge in [0.2, 0.25) is 4.34 Å². The van der Waals surface area contributed by atoms with Crippen LogP contribution in [-0.2, 0) is 10.0 Å². The molecule has 0 amide bonds. The van der Waals surface area contributed by atoms with Crippen molar-refractivity contribution in [1.82, 2.24) is 4.98 Å². The minimum atomic E-state index is -3.93. The average Bonchev–Trinajstić information content (AvgIpc) is 2.95. The van der Waals surface area contributed by atoms with Crippen LogP contribution in [0.1, 0.15) is 5.56 Å². The van der Waals surface area contributed by atoms with Crippen molar-refractivity contribution in [3.63, 3.8) is 0 Å². The van der Waals surface area contributed by atoms with E-state index in [4.69, 9.17) is 6.57 Å². The molecule has 0 aliphatic carbocycles. The lowest BCUT2D eigenvalue weighted by atomic mass is 10.2. The highest BCUT2D eigenvalue weighted by atomic mass is 32.2. The Morgan fingerprint density at radius 2 is 2.29 bits per heavy atom. The van der Waals surface area contributed by atoms with Crippen molar-refractivity contribution in [3.8, 4) is 5.75 Å². The fourth-order valence-electron chi connectivity index (χ4n) is 1.38.